The van der Waals surface area contributed by atoms with Crippen molar-refractivity contribution in [1.82, 2.24) is 0 Å². The maximum atomic E-state index is 12.2. The van der Waals surface area contributed by atoms with E-state index in [-0.39, 0.29) is 11.2 Å². The average Bonchev–Trinajstić information content (AvgIpc) is 2.33. The van der Waals surface area contributed by atoms with E-state index in [4.69, 9.17) is 17.3 Å². The van der Waals surface area contributed by atoms with Crippen LogP contribution in [0.25, 0.3) is 0 Å². The lowest BCUT2D eigenvalue weighted by molar-refractivity contribution is 0.0958. The molecule has 106 valence electrons. The molecule has 0 heterocycles. The fourth-order valence-electron chi connectivity index (χ4n) is 2.34. The summed E-state index contributed by atoms with van der Waals surface area (Å²) in [4.78, 5) is 12.2. The Morgan fingerprint density at radius 3 is 2.42 bits per heavy atom. The van der Waals surface area contributed by atoms with Gasteiger partial charge in [-0.1, -0.05) is 44.5 Å². The highest BCUT2D eigenvalue weighted by atomic mass is 35.5. The van der Waals surface area contributed by atoms with Crippen LogP contribution < -0.4 is 5.73 Å². The molecule has 1 unspecified atom stereocenters. The number of rotatable bonds is 6. The summed E-state index contributed by atoms with van der Waals surface area (Å²) in [6.07, 6.45) is 2.36. The summed E-state index contributed by atoms with van der Waals surface area (Å²) in [5.41, 5.74) is 6.47. The Morgan fingerprint density at radius 2 is 1.89 bits per heavy atom. The van der Waals surface area contributed by atoms with Crippen molar-refractivity contribution >= 4 is 17.4 Å². The van der Waals surface area contributed by atoms with Crippen LogP contribution in [0.5, 0.6) is 0 Å². The second-order valence-electron chi connectivity index (χ2n) is 6.08. The van der Waals surface area contributed by atoms with Gasteiger partial charge in [0.15, 0.2) is 5.78 Å². The first kappa shape index (κ1) is 16.2. The smallest absolute Gasteiger partial charge is 0.164 e. The molecule has 2 N–H and O–H groups in total. The van der Waals surface area contributed by atoms with E-state index >= 15 is 0 Å². The highest BCUT2D eigenvalue weighted by Gasteiger charge is 2.24. The maximum Gasteiger partial charge on any atom is 0.164 e. The molecule has 1 aromatic carbocycles. The van der Waals surface area contributed by atoms with Gasteiger partial charge >= 0.3 is 0 Å². The first-order valence-electron chi connectivity index (χ1n) is 6.84. The molecule has 3 heteroatoms. The number of carbonyl (C=O) groups excluding carboxylic acids is 1. The minimum atomic E-state index is 0.122. The topological polar surface area (TPSA) is 43.1 Å². The van der Waals surface area contributed by atoms with Gasteiger partial charge in [0.2, 0.25) is 0 Å². The van der Waals surface area contributed by atoms with Gasteiger partial charge in [-0.25, -0.2) is 0 Å². The highest BCUT2D eigenvalue weighted by Crippen LogP contribution is 2.32. The molecule has 0 aromatic heterocycles. The third kappa shape index (κ3) is 4.96. The first-order valence-corrected chi connectivity index (χ1v) is 7.22. The maximum absolute atomic E-state index is 12.2. The van der Waals surface area contributed by atoms with Crippen molar-refractivity contribution in [3.8, 4) is 0 Å². The normalized spacial score (nSPS) is 13.3. The van der Waals surface area contributed by atoms with Gasteiger partial charge in [0.25, 0.3) is 0 Å². The Kier molecular flexibility index (Phi) is 6.02. The van der Waals surface area contributed by atoms with Crippen LogP contribution in [0, 0.1) is 11.3 Å². The van der Waals surface area contributed by atoms with Crippen LogP contribution in [-0.2, 0) is 0 Å². The van der Waals surface area contributed by atoms with E-state index in [1.54, 1.807) is 12.1 Å². The summed E-state index contributed by atoms with van der Waals surface area (Å²) >= 11 is 6.04. The molecule has 0 radical (unpaired) electrons. The largest absolute Gasteiger partial charge is 0.330 e. The van der Waals surface area contributed by atoms with Gasteiger partial charge in [-0.2, -0.15) is 0 Å². The van der Waals surface area contributed by atoms with Gasteiger partial charge in [0.05, 0.1) is 5.02 Å². The van der Waals surface area contributed by atoms with Crippen LogP contribution in [0.1, 0.15) is 50.4 Å². The highest BCUT2D eigenvalue weighted by molar-refractivity contribution is 6.33. The van der Waals surface area contributed by atoms with Gasteiger partial charge in [-0.3, -0.25) is 4.79 Å². The Labute approximate surface area is 121 Å². The zero-order valence-electron chi connectivity index (χ0n) is 12.1. The number of halogens is 1. The van der Waals surface area contributed by atoms with Crippen LogP contribution in [-0.4, -0.2) is 12.3 Å². The molecule has 0 fully saturated rings. The van der Waals surface area contributed by atoms with Crippen LogP contribution >= 0.6 is 11.6 Å². The minimum Gasteiger partial charge on any atom is -0.330 e. The fourth-order valence-corrected chi connectivity index (χ4v) is 2.58. The zero-order valence-corrected chi connectivity index (χ0v) is 12.8. The lowest BCUT2D eigenvalue weighted by Gasteiger charge is -2.30. The molecule has 19 heavy (non-hydrogen) atoms. The van der Waals surface area contributed by atoms with E-state index in [1.807, 2.05) is 12.1 Å². The molecule has 0 saturated carbocycles. The summed E-state index contributed by atoms with van der Waals surface area (Å²) in [6, 6.07) is 7.24. The summed E-state index contributed by atoms with van der Waals surface area (Å²) in [5.74, 6) is 0.584. The molecule has 0 aliphatic rings. The van der Waals surface area contributed by atoms with Gasteiger partial charge in [0, 0.05) is 12.0 Å². The number of nitrogens with two attached hydrogens (primary N) is 1. The van der Waals surface area contributed by atoms with Gasteiger partial charge < -0.3 is 5.73 Å². The molecule has 0 bridgehead atoms. The van der Waals surface area contributed by atoms with Gasteiger partial charge in [-0.05, 0) is 42.9 Å². The number of Topliss-reactive ketones (excluding diaryl/α,β-unsaturated/α-hetero) is 1. The summed E-state index contributed by atoms with van der Waals surface area (Å²) in [5, 5.41) is 0.540. The number of hydrogen-bond donors (Lipinski definition) is 1. The molecule has 1 rings (SSSR count). The van der Waals surface area contributed by atoms with Crippen LogP contribution in [0.15, 0.2) is 24.3 Å². The minimum absolute atomic E-state index is 0.122. The van der Waals surface area contributed by atoms with E-state index in [0.717, 1.165) is 12.8 Å². The number of carbonyl (C=O) groups is 1. The molecule has 2 nitrogen and oxygen atoms in total. The van der Waals surface area contributed by atoms with Crippen molar-refractivity contribution in [3.05, 3.63) is 34.9 Å². The predicted octanol–water partition coefficient (Wildman–Crippen LogP) is 4.31. The fraction of sp³-hybridized carbons (Fsp3) is 0.562. The van der Waals surface area contributed by atoms with E-state index in [2.05, 4.69) is 20.8 Å². The van der Waals surface area contributed by atoms with Crippen molar-refractivity contribution in [3.63, 3.8) is 0 Å². The molecule has 0 spiro atoms. The van der Waals surface area contributed by atoms with Gasteiger partial charge in [-0.15, -0.1) is 0 Å². The zero-order chi connectivity index (χ0) is 14.5. The molecule has 0 saturated heterocycles. The summed E-state index contributed by atoms with van der Waals surface area (Å²) in [7, 11) is 0. The van der Waals surface area contributed by atoms with Crippen molar-refractivity contribution < 1.29 is 4.79 Å². The summed E-state index contributed by atoms with van der Waals surface area (Å²) < 4.78 is 0. The number of ketones is 1. The molecular weight excluding hydrogens is 258 g/mol. The molecule has 1 atom stereocenters. The first-order chi connectivity index (χ1) is 8.86. The van der Waals surface area contributed by atoms with Crippen molar-refractivity contribution in [2.24, 2.45) is 17.1 Å². The second kappa shape index (κ2) is 7.06. The van der Waals surface area contributed by atoms with Crippen molar-refractivity contribution in [2.75, 3.05) is 6.54 Å². The lowest BCUT2D eigenvalue weighted by Crippen LogP contribution is -2.24. The Balaban J connectivity index is 2.65. The van der Waals surface area contributed by atoms with Crippen LogP contribution in [0.2, 0.25) is 5.02 Å². The van der Waals surface area contributed by atoms with E-state index in [1.165, 1.54) is 0 Å². The molecule has 1 aromatic rings. The standard InChI is InChI=1S/C16H24ClNO/c1-16(2,3)12(10-11-18)8-9-15(19)13-6-4-5-7-14(13)17/h4-7,12H,8-11,18H2,1-3H3. The second-order valence-corrected chi connectivity index (χ2v) is 6.49. The Bertz CT molecular complexity index is 423. The number of hydrogen-bond acceptors (Lipinski definition) is 2. The predicted molar refractivity (Wildman–Crippen MR) is 81.6 cm³/mol. The van der Waals surface area contributed by atoms with Crippen molar-refractivity contribution in [2.45, 2.75) is 40.0 Å². The molecule has 0 aliphatic carbocycles. The third-order valence-corrected chi connectivity index (χ3v) is 3.96. The Hall–Kier alpha value is -0.860. The monoisotopic (exact) mass is 281 g/mol. The average molecular weight is 282 g/mol. The van der Waals surface area contributed by atoms with E-state index < -0.39 is 0 Å². The number of benzene rings is 1. The van der Waals surface area contributed by atoms with E-state index in [0.29, 0.717) is 29.5 Å². The lowest BCUT2D eigenvalue weighted by atomic mass is 9.76. The quantitative estimate of drug-likeness (QED) is 0.790. The Morgan fingerprint density at radius 1 is 1.26 bits per heavy atom. The van der Waals surface area contributed by atoms with E-state index in [9.17, 15) is 4.79 Å². The van der Waals surface area contributed by atoms with Crippen LogP contribution in [0.3, 0.4) is 0 Å². The molecular formula is C16H24ClNO. The summed E-state index contributed by atoms with van der Waals surface area (Å²) in [6.45, 7) is 7.27. The van der Waals surface area contributed by atoms with Gasteiger partial charge in [0.1, 0.15) is 0 Å². The molecule has 0 amide bonds. The van der Waals surface area contributed by atoms with Crippen molar-refractivity contribution in [1.29, 1.82) is 0 Å². The third-order valence-electron chi connectivity index (χ3n) is 3.63. The molecule has 0 aliphatic heterocycles. The SMILES string of the molecule is CC(C)(C)C(CCN)CCC(=O)c1ccccc1Cl. The van der Waals surface area contributed by atoms with Crippen LogP contribution in [0.4, 0.5) is 0 Å².